The minimum atomic E-state index is 0.492. The SMILES string of the molecule is CNCOc1cnc(C2CCCC2)nc1. The molecule has 15 heavy (non-hydrogen) atoms. The molecule has 1 aliphatic rings. The van der Waals surface area contributed by atoms with E-state index >= 15 is 0 Å². The lowest BCUT2D eigenvalue weighted by atomic mass is 10.1. The van der Waals surface area contributed by atoms with Crippen LogP contribution in [-0.2, 0) is 0 Å². The van der Waals surface area contributed by atoms with E-state index in [9.17, 15) is 0 Å². The highest BCUT2D eigenvalue weighted by Crippen LogP contribution is 2.31. The lowest BCUT2D eigenvalue weighted by molar-refractivity contribution is 0.293. The van der Waals surface area contributed by atoms with E-state index in [1.54, 1.807) is 12.4 Å². The zero-order valence-corrected chi connectivity index (χ0v) is 9.07. The molecule has 1 fully saturated rings. The highest BCUT2D eigenvalue weighted by Gasteiger charge is 2.19. The van der Waals surface area contributed by atoms with Gasteiger partial charge in [0.2, 0.25) is 0 Å². The first kappa shape index (κ1) is 10.4. The molecule has 0 aromatic carbocycles. The average molecular weight is 207 g/mol. The Morgan fingerprint density at radius 3 is 2.60 bits per heavy atom. The van der Waals surface area contributed by atoms with Crippen LogP contribution in [0.1, 0.15) is 37.4 Å². The predicted molar refractivity (Wildman–Crippen MR) is 57.8 cm³/mol. The van der Waals surface area contributed by atoms with Crippen LogP contribution in [0.2, 0.25) is 0 Å². The fourth-order valence-electron chi connectivity index (χ4n) is 1.95. The minimum Gasteiger partial charge on any atom is -0.475 e. The fourth-order valence-corrected chi connectivity index (χ4v) is 1.95. The van der Waals surface area contributed by atoms with Crippen LogP contribution < -0.4 is 10.1 Å². The van der Waals surface area contributed by atoms with Gasteiger partial charge in [0.15, 0.2) is 5.75 Å². The second-order valence-corrected chi connectivity index (χ2v) is 3.90. The third kappa shape index (κ3) is 2.65. The molecule has 1 N–H and O–H groups in total. The Bertz CT molecular complexity index is 293. The first-order valence-electron chi connectivity index (χ1n) is 5.49. The van der Waals surface area contributed by atoms with Crippen molar-refractivity contribution in [2.24, 2.45) is 0 Å². The number of aromatic nitrogens is 2. The van der Waals surface area contributed by atoms with Crippen molar-refractivity contribution in [2.45, 2.75) is 31.6 Å². The second kappa shape index (κ2) is 5.07. The van der Waals surface area contributed by atoms with Crippen molar-refractivity contribution in [3.8, 4) is 5.75 Å². The van der Waals surface area contributed by atoms with Gasteiger partial charge in [-0.05, 0) is 19.9 Å². The molecule has 0 aliphatic heterocycles. The predicted octanol–water partition coefficient (Wildman–Crippen LogP) is 1.69. The Balaban J connectivity index is 1.96. The first-order chi connectivity index (χ1) is 7.40. The molecule has 1 aromatic rings. The zero-order valence-electron chi connectivity index (χ0n) is 9.07. The summed E-state index contributed by atoms with van der Waals surface area (Å²) in [7, 11) is 1.84. The Hall–Kier alpha value is -1.16. The van der Waals surface area contributed by atoms with Gasteiger partial charge in [0.25, 0.3) is 0 Å². The van der Waals surface area contributed by atoms with E-state index < -0.39 is 0 Å². The molecule has 1 aromatic heterocycles. The van der Waals surface area contributed by atoms with Crippen molar-refractivity contribution in [3.05, 3.63) is 18.2 Å². The standard InChI is InChI=1S/C11H17N3O/c1-12-8-15-10-6-13-11(14-7-10)9-4-2-3-5-9/h6-7,9,12H,2-5,8H2,1H3. The fraction of sp³-hybridized carbons (Fsp3) is 0.636. The maximum absolute atomic E-state index is 5.34. The van der Waals surface area contributed by atoms with E-state index in [1.807, 2.05) is 7.05 Å². The van der Waals surface area contributed by atoms with Crippen molar-refractivity contribution in [1.82, 2.24) is 15.3 Å². The number of nitrogens with one attached hydrogen (secondary N) is 1. The van der Waals surface area contributed by atoms with Crippen molar-refractivity contribution in [3.63, 3.8) is 0 Å². The molecule has 1 heterocycles. The largest absolute Gasteiger partial charge is 0.475 e. The molecule has 4 nitrogen and oxygen atoms in total. The van der Waals surface area contributed by atoms with Crippen LogP contribution in [0.4, 0.5) is 0 Å². The lowest BCUT2D eigenvalue weighted by Crippen LogP contribution is -2.14. The normalized spacial score (nSPS) is 16.9. The maximum Gasteiger partial charge on any atom is 0.157 e. The van der Waals surface area contributed by atoms with E-state index in [4.69, 9.17) is 4.74 Å². The summed E-state index contributed by atoms with van der Waals surface area (Å²) in [5.74, 6) is 2.28. The van der Waals surface area contributed by atoms with Gasteiger partial charge in [-0.15, -0.1) is 0 Å². The lowest BCUT2D eigenvalue weighted by Gasteiger charge is -2.08. The van der Waals surface area contributed by atoms with Crippen molar-refractivity contribution in [1.29, 1.82) is 0 Å². The van der Waals surface area contributed by atoms with Crippen LogP contribution in [0.25, 0.3) is 0 Å². The van der Waals surface area contributed by atoms with Gasteiger partial charge in [0.1, 0.15) is 12.6 Å². The van der Waals surface area contributed by atoms with Gasteiger partial charge in [-0.25, -0.2) is 9.97 Å². The van der Waals surface area contributed by atoms with Gasteiger partial charge in [-0.1, -0.05) is 12.8 Å². The van der Waals surface area contributed by atoms with Crippen LogP contribution in [0.15, 0.2) is 12.4 Å². The molecule has 2 rings (SSSR count). The van der Waals surface area contributed by atoms with Crippen molar-refractivity contribution < 1.29 is 4.74 Å². The maximum atomic E-state index is 5.34. The van der Waals surface area contributed by atoms with Gasteiger partial charge in [-0.2, -0.15) is 0 Å². The number of rotatable bonds is 4. The molecule has 4 heteroatoms. The molecule has 82 valence electrons. The highest BCUT2D eigenvalue weighted by molar-refractivity contribution is 5.14. The first-order valence-corrected chi connectivity index (χ1v) is 5.49. The van der Waals surface area contributed by atoms with E-state index in [0.717, 1.165) is 11.6 Å². The summed E-state index contributed by atoms with van der Waals surface area (Å²) in [6.45, 7) is 0.492. The topological polar surface area (TPSA) is 47.0 Å². The van der Waals surface area contributed by atoms with Crippen LogP contribution in [0.5, 0.6) is 5.75 Å². The Morgan fingerprint density at radius 2 is 2.00 bits per heavy atom. The summed E-state index contributed by atoms with van der Waals surface area (Å²) >= 11 is 0. The van der Waals surface area contributed by atoms with Gasteiger partial charge in [0, 0.05) is 5.92 Å². The smallest absolute Gasteiger partial charge is 0.157 e. The van der Waals surface area contributed by atoms with E-state index in [2.05, 4.69) is 15.3 Å². The summed E-state index contributed by atoms with van der Waals surface area (Å²) in [5.41, 5.74) is 0. The van der Waals surface area contributed by atoms with Crippen LogP contribution >= 0.6 is 0 Å². The van der Waals surface area contributed by atoms with Gasteiger partial charge in [-0.3, -0.25) is 5.32 Å². The summed E-state index contributed by atoms with van der Waals surface area (Å²) in [5, 5.41) is 2.91. The molecule has 1 aliphatic carbocycles. The number of nitrogens with zero attached hydrogens (tertiary/aromatic N) is 2. The van der Waals surface area contributed by atoms with Gasteiger partial charge < -0.3 is 4.74 Å². The number of hydrogen-bond acceptors (Lipinski definition) is 4. The molecule has 0 saturated heterocycles. The van der Waals surface area contributed by atoms with Crippen LogP contribution in [0.3, 0.4) is 0 Å². The van der Waals surface area contributed by atoms with Crippen LogP contribution in [0, 0.1) is 0 Å². The summed E-state index contributed by atoms with van der Waals surface area (Å²) in [4.78, 5) is 8.70. The third-order valence-electron chi connectivity index (χ3n) is 2.75. The molecule has 0 bridgehead atoms. The molecular formula is C11H17N3O. The van der Waals surface area contributed by atoms with Crippen molar-refractivity contribution >= 4 is 0 Å². The third-order valence-corrected chi connectivity index (χ3v) is 2.75. The average Bonchev–Trinajstić information content (AvgIpc) is 2.80. The van der Waals surface area contributed by atoms with E-state index in [0.29, 0.717) is 12.6 Å². The van der Waals surface area contributed by atoms with E-state index in [-0.39, 0.29) is 0 Å². The molecule has 0 radical (unpaired) electrons. The molecular weight excluding hydrogens is 190 g/mol. The quantitative estimate of drug-likeness (QED) is 0.763. The summed E-state index contributed by atoms with van der Waals surface area (Å²) < 4.78 is 5.34. The summed E-state index contributed by atoms with van der Waals surface area (Å²) in [6.07, 6.45) is 8.61. The molecule has 0 atom stereocenters. The summed E-state index contributed by atoms with van der Waals surface area (Å²) in [6, 6.07) is 0. The van der Waals surface area contributed by atoms with E-state index in [1.165, 1.54) is 25.7 Å². The Labute approximate surface area is 90.1 Å². The number of ether oxygens (including phenoxy) is 1. The molecule has 0 amide bonds. The monoisotopic (exact) mass is 207 g/mol. The van der Waals surface area contributed by atoms with Crippen molar-refractivity contribution in [2.75, 3.05) is 13.8 Å². The highest BCUT2D eigenvalue weighted by atomic mass is 16.5. The van der Waals surface area contributed by atoms with Crippen LogP contribution in [-0.4, -0.2) is 23.7 Å². The molecule has 0 spiro atoms. The van der Waals surface area contributed by atoms with Gasteiger partial charge >= 0.3 is 0 Å². The Kier molecular flexibility index (Phi) is 3.50. The Morgan fingerprint density at radius 1 is 1.33 bits per heavy atom. The number of hydrogen-bond donors (Lipinski definition) is 1. The second-order valence-electron chi connectivity index (χ2n) is 3.90. The zero-order chi connectivity index (χ0) is 10.5. The minimum absolute atomic E-state index is 0.492. The molecule has 1 saturated carbocycles. The van der Waals surface area contributed by atoms with Gasteiger partial charge in [0.05, 0.1) is 12.4 Å². The molecule has 0 unspecified atom stereocenters.